The van der Waals surface area contributed by atoms with Gasteiger partial charge in [0, 0.05) is 19.3 Å². The summed E-state index contributed by atoms with van der Waals surface area (Å²) in [5.74, 6) is -0.983. The number of allylic oxidation sites excluding steroid dienone is 18. The van der Waals surface area contributed by atoms with Crippen LogP contribution in [0.2, 0.25) is 0 Å². The van der Waals surface area contributed by atoms with E-state index in [0.29, 0.717) is 19.3 Å². The highest BCUT2D eigenvalue weighted by Gasteiger charge is 2.19. The van der Waals surface area contributed by atoms with Gasteiger partial charge in [0.2, 0.25) is 0 Å². The highest BCUT2D eigenvalue weighted by molar-refractivity contribution is 5.71. The van der Waals surface area contributed by atoms with Crippen molar-refractivity contribution in [1.82, 2.24) is 0 Å². The average molecular weight is 915 g/mol. The van der Waals surface area contributed by atoms with Crippen LogP contribution >= 0.6 is 0 Å². The number of carbonyl (C=O) groups is 3. The number of rotatable bonds is 47. The monoisotopic (exact) mass is 915 g/mol. The molecule has 0 aromatic rings. The molecule has 6 heteroatoms. The molecule has 0 rings (SSSR count). The molecule has 0 fully saturated rings. The summed E-state index contributed by atoms with van der Waals surface area (Å²) in [7, 11) is 0. The molecule has 0 N–H and O–H groups in total. The first-order valence-electron chi connectivity index (χ1n) is 27.0. The van der Waals surface area contributed by atoms with Crippen LogP contribution in [0.3, 0.4) is 0 Å². The molecule has 0 saturated carbocycles. The van der Waals surface area contributed by atoms with Crippen LogP contribution in [-0.2, 0) is 28.6 Å². The Balaban J connectivity index is 4.48. The standard InChI is InChI=1S/C60H98O6/c1-4-7-10-13-16-19-22-25-27-29-31-33-35-38-41-44-47-50-53-59(62)65-56-57(55-64-58(61)52-49-46-43-40-37-24-21-18-15-12-9-6-3)66-60(63)54-51-48-45-42-39-36-34-32-30-28-26-23-20-17-14-11-8-5-2/h9-10,12-13,16,18-19,21-22,25,27,29,31-34,37,40,57H,4-8,11,14-15,17,20,23-24,26,28,30,35-36,38-39,41-56H2,1-3H3/b12-9-,13-10-,19-16-,21-18-,25-22-,29-27-,33-31-,34-32-,40-37-. The molecule has 66 heavy (non-hydrogen) atoms. The lowest BCUT2D eigenvalue weighted by molar-refractivity contribution is -0.167. The van der Waals surface area contributed by atoms with Crippen LogP contribution < -0.4 is 0 Å². The van der Waals surface area contributed by atoms with Crippen LogP contribution in [0.4, 0.5) is 0 Å². The van der Waals surface area contributed by atoms with E-state index >= 15 is 0 Å². The van der Waals surface area contributed by atoms with Gasteiger partial charge in [0.1, 0.15) is 13.2 Å². The second-order valence-electron chi connectivity index (χ2n) is 17.5. The van der Waals surface area contributed by atoms with Crippen molar-refractivity contribution in [3.05, 3.63) is 109 Å². The lowest BCUT2D eigenvalue weighted by atomic mass is 10.1. The normalized spacial score (nSPS) is 13.0. The summed E-state index contributed by atoms with van der Waals surface area (Å²) in [5.41, 5.74) is 0. The Hall–Kier alpha value is -3.93. The van der Waals surface area contributed by atoms with Gasteiger partial charge in [-0.1, -0.05) is 226 Å². The van der Waals surface area contributed by atoms with Gasteiger partial charge in [0.05, 0.1) is 0 Å². The smallest absolute Gasteiger partial charge is 0.306 e. The van der Waals surface area contributed by atoms with Crippen molar-refractivity contribution in [2.75, 3.05) is 13.2 Å². The molecule has 0 saturated heterocycles. The van der Waals surface area contributed by atoms with Crippen LogP contribution in [0.25, 0.3) is 0 Å². The summed E-state index contributed by atoms with van der Waals surface area (Å²) >= 11 is 0. The molecule has 0 bridgehead atoms. The van der Waals surface area contributed by atoms with Gasteiger partial charge < -0.3 is 14.2 Å². The van der Waals surface area contributed by atoms with Gasteiger partial charge in [-0.25, -0.2) is 0 Å². The predicted octanol–water partition coefficient (Wildman–Crippen LogP) is 17.9. The number of ether oxygens (including phenoxy) is 3. The lowest BCUT2D eigenvalue weighted by Crippen LogP contribution is -2.30. The van der Waals surface area contributed by atoms with E-state index in [1.165, 1.54) is 77.0 Å². The summed E-state index contributed by atoms with van der Waals surface area (Å²) in [5, 5.41) is 0. The quantitative estimate of drug-likeness (QED) is 0.0199. The van der Waals surface area contributed by atoms with E-state index in [1.54, 1.807) is 0 Å². The summed E-state index contributed by atoms with van der Waals surface area (Å²) in [6.07, 6.45) is 72.2. The van der Waals surface area contributed by atoms with Gasteiger partial charge in [-0.2, -0.15) is 0 Å². The third-order valence-electron chi connectivity index (χ3n) is 11.1. The summed E-state index contributed by atoms with van der Waals surface area (Å²) in [4.78, 5) is 38.0. The van der Waals surface area contributed by atoms with E-state index in [1.807, 2.05) is 24.3 Å². The molecule has 0 aliphatic rings. The fourth-order valence-electron chi connectivity index (χ4n) is 7.07. The van der Waals surface area contributed by atoms with Gasteiger partial charge in [0.25, 0.3) is 0 Å². The highest BCUT2D eigenvalue weighted by atomic mass is 16.6. The highest BCUT2D eigenvalue weighted by Crippen LogP contribution is 2.14. The van der Waals surface area contributed by atoms with Gasteiger partial charge >= 0.3 is 17.9 Å². The Morgan fingerprint density at radius 1 is 0.333 bits per heavy atom. The van der Waals surface area contributed by atoms with Gasteiger partial charge in [0.15, 0.2) is 6.10 Å². The molecule has 1 atom stereocenters. The van der Waals surface area contributed by atoms with Crippen LogP contribution in [0.15, 0.2) is 109 Å². The van der Waals surface area contributed by atoms with E-state index in [0.717, 1.165) is 116 Å². The van der Waals surface area contributed by atoms with Crippen LogP contribution in [0, 0.1) is 0 Å². The number of esters is 3. The second kappa shape index (κ2) is 53.7. The molecule has 374 valence electrons. The first-order chi connectivity index (χ1) is 32.5. The van der Waals surface area contributed by atoms with Crippen molar-refractivity contribution in [3.63, 3.8) is 0 Å². The number of hydrogen-bond acceptors (Lipinski definition) is 6. The van der Waals surface area contributed by atoms with Crippen molar-refractivity contribution >= 4 is 17.9 Å². The maximum Gasteiger partial charge on any atom is 0.306 e. The zero-order valence-corrected chi connectivity index (χ0v) is 42.7. The average Bonchev–Trinajstić information content (AvgIpc) is 3.31. The number of unbranched alkanes of at least 4 members (excludes halogenated alkanes) is 22. The second-order valence-corrected chi connectivity index (χ2v) is 17.5. The molecule has 6 nitrogen and oxygen atoms in total. The first kappa shape index (κ1) is 62.1. The van der Waals surface area contributed by atoms with Crippen molar-refractivity contribution < 1.29 is 28.6 Å². The summed E-state index contributed by atoms with van der Waals surface area (Å²) in [6, 6.07) is 0. The van der Waals surface area contributed by atoms with Crippen molar-refractivity contribution in [2.45, 2.75) is 239 Å². The van der Waals surface area contributed by atoms with Gasteiger partial charge in [-0.05, 0) is 96.3 Å². The van der Waals surface area contributed by atoms with E-state index in [2.05, 4.69) is 106 Å². The van der Waals surface area contributed by atoms with E-state index in [9.17, 15) is 14.4 Å². The van der Waals surface area contributed by atoms with Crippen LogP contribution in [-0.4, -0.2) is 37.2 Å². The SMILES string of the molecule is CC/C=C\C/C=C\C/C=C\CCCCC(=O)OCC(COC(=O)CCCCCCC\C=C/C=C\C=C/C=C\C=C/CCC)OC(=O)CCCCCCC/C=C\CCCCCCCCCCC. The molecule has 0 spiro atoms. The van der Waals surface area contributed by atoms with Gasteiger partial charge in [-0.15, -0.1) is 0 Å². The topological polar surface area (TPSA) is 78.9 Å². The molecular weight excluding hydrogens is 817 g/mol. The molecule has 0 heterocycles. The zero-order chi connectivity index (χ0) is 47.9. The Labute approximate surface area is 406 Å². The van der Waals surface area contributed by atoms with E-state index in [4.69, 9.17) is 14.2 Å². The Morgan fingerprint density at radius 3 is 1.17 bits per heavy atom. The third-order valence-corrected chi connectivity index (χ3v) is 11.1. The largest absolute Gasteiger partial charge is 0.462 e. The van der Waals surface area contributed by atoms with Crippen molar-refractivity contribution in [1.29, 1.82) is 0 Å². The molecule has 0 aromatic heterocycles. The minimum atomic E-state index is -0.810. The third kappa shape index (κ3) is 51.1. The molecule has 1 unspecified atom stereocenters. The van der Waals surface area contributed by atoms with E-state index < -0.39 is 6.10 Å². The molecule has 0 aliphatic heterocycles. The fraction of sp³-hybridized carbons (Fsp3) is 0.650. The Kier molecular flexibility index (Phi) is 50.5. The van der Waals surface area contributed by atoms with E-state index in [-0.39, 0.29) is 31.1 Å². The zero-order valence-electron chi connectivity index (χ0n) is 42.7. The predicted molar refractivity (Wildman–Crippen MR) is 283 cm³/mol. The van der Waals surface area contributed by atoms with Crippen molar-refractivity contribution in [3.8, 4) is 0 Å². The Morgan fingerprint density at radius 2 is 0.682 bits per heavy atom. The van der Waals surface area contributed by atoms with Crippen LogP contribution in [0.1, 0.15) is 233 Å². The molecule has 0 radical (unpaired) electrons. The number of hydrogen-bond donors (Lipinski definition) is 0. The van der Waals surface area contributed by atoms with Crippen LogP contribution in [0.5, 0.6) is 0 Å². The maximum atomic E-state index is 12.8. The summed E-state index contributed by atoms with van der Waals surface area (Å²) < 4.78 is 16.8. The maximum absolute atomic E-state index is 12.8. The molecule has 0 aliphatic carbocycles. The minimum absolute atomic E-state index is 0.109. The fourth-order valence-corrected chi connectivity index (χ4v) is 7.07. The summed E-state index contributed by atoms with van der Waals surface area (Å²) in [6.45, 7) is 6.37. The lowest BCUT2D eigenvalue weighted by Gasteiger charge is -2.18. The first-order valence-corrected chi connectivity index (χ1v) is 27.0. The van der Waals surface area contributed by atoms with Gasteiger partial charge in [-0.3, -0.25) is 14.4 Å². The Bertz CT molecular complexity index is 1370. The number of carbonyl (C=O) groups excluding carboxylic acids is 3. The van der Waals surface area contributed by atoms with Crippen molar-refractivity contribution in [2.24, 2.45) is 0 Å². The molecular formula is C60H98O6. The molecule has 0 amide bonds. The minimum Gasteiger partial charge on any atom is -0.462 e. The molecule has 0 aromatic carbocycles.